The maximum Gasteiger partial charge on any atom is 0.168 e. The summed E-state index contributed by atoms with van der Waals surface area (Å²) in [6.45, 7) is 0. The number of rotatable bonds is 3. The molecule has 1 heterocycles. The lowest BCUT2D eigenvalue weighted by Gasteiger charge is -2.04. The minimum Gasteiger partial charge on any atom is -0.376 e. The molecule has 90 valence electrons. The van der Waals surface area contributed by atoms with Crippen LogP contribution in [0, 0.1) is 0 Å². The van der Waals surface area contributed by atoms with E-state index in [1.54, 1.807) is 6.20 Å². The van der Waals surface area contributed by atoms with Gasteiger partial charge in [-0.15, -0.1) is 0 Å². The van der Waals surface area contributed by atoms with E-state index in [4.69, 9.17) is 18.0 Å². The van der Waals surface area contributed by atoms with Crippen LogP contribution >= 0.6 is 12.2 Å². The predicted molar refractivity (Wildman–Crippen MR) is 80.0 cm³/mol. The van der Waals surface area contributed by atoms with Crippen LogP contribution in [-0.4, -0.2) is 10.1 Å². The molecule has 3 N–H and O–H groups in total. The molecule has 0 aliphatic carbocycles. The molecule has 1 aromatic carbocycles. The van der Waals surface area contributed by atoms with E-state index in [1.807, 2.05) is 54.6 Å². The molecule has 0 radical (unpaired) electrons. The highest BCUT2D eigenvalue weighted by Crippen LogP contribution is 2.13. The van der Waals surface area contributed by atoms with Crippen molar-refractivity contribution in [3.8, 4) is 0 Å². The smallest absolute Gasteiger partial charge is 0.168 e. The molecule has 2 aromatic rings. The largest absolute Gasteiger partial charge is 0.376 e. The number of nitrogens with one attached hydrogen (secondary N) is 1. The normalized spacial score (nSPS) is 10.4. The standard InChI is InChI=1S/C14H13N3S/c15-14(18)17-13-6-3-4-11(10-13)7-8-12-5-1-2-9-16-12/h1-10H,(H3,15,17,18). The van der Waals surface area contributed by atoms with Gasteiger partial charge >= 0.3 is 0 Å². The molecule has 0 unspecified atom stereocenters. The first-order valence-corrected chi connectivity index (χ1v) is 5.90. The van der Waals surface area contributed by atoms with Crippen molar-refractivity contribution in [1.82, 2.24) is 4.98 Å². The molecule has 0 bridgehead atoms. The van der Waals surface area contributed by atoms with Gasteiger partial charge in [0.2, 0.25) is 0 Å². The summed E-state index contributed by atoms with van der Waals surface area (Å²) in [4.78, 5) is 4.22. The summed E-state index contributed by atoms with van der Waals surface area (Å²) in [6.07, 6.45) is 5.72. The molecule has 0 fully saturated rings. The van der Waals surface area contributed by atoms with E-state index >= 15 is 0 Å². The Balaban J connectivity index is 2.14. The first-order chi connectivity index (χ1) is 8.74. The van der Waals surface area contributed by atoms with Crippen molar-refractivity contribution in [2.24, 2.45) is 5.73 Å². The summed E-state index contributed by atoms with van der Waals surface area (Å²) in [7, 11) is 0. The van der Waals surface area contributed by atoms with Gasteiger partial charge in [-0.2, -0.15) is 0 Å². The first-order valence-electron chi connectivity index (χ1n) is 5.50. The van der Waals surface area contributed by atoms with Crippen molar-refractivity contribution < 1.29 is 0 Å². The van der Waals surface area contributed by atoms with Crippen LogP contribution in [0.15, 0.2) is 48.7 Å². The summed E-state index contributed by atoms with van der Waals surface area (Å²) in [5.41, 5.74) is 8.29. The van der Waals surface area contributed by atoms with Gasteiger partial charge in [0.25, 0.3) is 0 Å². The van der Waals surface area contributed by atoms with Crippen molar-refractivity contribution in [1.29, 1.82) is 0 Å². The number of aromatic nitrogens is 1. The summed E-state index contributed by atoms with van der Waals surface area (Å²) in [5, 5.41) is 3.17. The number of benzene rings is 1. The van der Waals surface area contributed by atoms with Crippen LogP contribution in [0.25, 0.3) is 12.2 Å². The van der Waals surface area contributed by atoms with Crippen molar-refractivity contribution in [3.05, 3.63) is 59.9 Å². The molecule has 1 aromatic heterocycles. The Morgan fingerprint density at radius 2 is 2.06 bits per heavy atom. The van der Waals surface area contributed by atoms with Crippen LogP contribution in [-0.2, 0) is 0 Å². The highest BCUT2D eigenvalue weighted by Gasteiger charge is 1.94. The molecule has 0 saturated carbocycles. The van der Waals surface area contributed by atoms with Gasteiger partial charge in [-0.05, 0) is 48.1 Å². The predicted octanol–water partition coefficient (Wildman–Crippen LogP) is 2.91. The highest BCUT2D eigenvalue weighted by atomic mass is 32.1. The van der Waals surface area contributed by atoms with E-state index in [2.05, 4.69) is 10.3 Å². The Morgan fingerprint density at radius 1 is 1.17 bits per heavy atom. The number of hydrogen-bond donors (Lipinski definition) is 2. The number of nitrogens with zero attached hydrogens (tertiary/aromatic N) is 1. The number of hydrogen-bond acceptors (Lipinski definition) is 2. The first kappa shape index (κ1) is 12.3. The van der Waals surface area contributed by atoms with Gasteiger partial charge in [-0.25, -0.2) is 0 Å². The lowest BCUT2D eigenvalue weighted by atomic mass is 10.1. The zero-order chi connectivity index (χ0) is 12.8. The Labute approximate surface area is 111 Å². The van der Waals surface area contributed by atoms with Gasteiger partial charge in [-0.3, -0.25) is 4.98 Å². The van der Waals surface area contributed by atoms with E-state index in [0.29, 0.717) is 0 Å². The number of pyridine rings is 1. The van der Waals surface area contributed by atoms with Crippen LogP contribution in [0.5, 0.6) is 0 Å². The Bertz CT molecular complexity index is 564. The monoisotopic (exact) mass is 255 g/mol. The van der Waals surface area contributed by atoms with E-state index in [-0.39, 0.29) is 5.11 Å². The van der Waals surface area contributed by atoms with Crippen LogP contribution in [0.3, 0.4) is 0 Å². The summed E-state index contributed by atoms with van der Waals surface area (Å²) < 4.78 is 0. The quantitative estimate of drug-likeness (QED) is 0.828. The van der Waals surface area contributed by atoms with Crippen molar-refractivity contribution in [3.63, 3.8) is 0 Å². The number of nitrogens with two attached hydrogens (primary N) is 1. The fourth-order valence-electron chi connectivity index (χ4n) is 1.52. The maximum atomic E-state index is 5.43. The summed E-state index contributed by atoms with van der Waals surface area (Å²) >= 11 is 4.80. The Kier molecular flexibility index (Phi) is 4.04. The molecule has 0 amide bonds. The minimum absolute atomic E-state index is 0.265. The van der Waals surface area contributed by atoms with Crippen LogP contribution in [0.4, 0.5) is 5.69 Å². The average Bonchev–Trinajstić information content (AvgIpc) is 2.37. The lowest BCUT2D eigenvalue weighted by Crippen LogP contribution is -2.18. The average molecular weight is 255 g/mol. The highest BCUT2D eigenvalue weighted by molar-refractivity contribution is 7.80. The van der Waals surface area contributed by atoms with E-state index in [0.717, 1.165) is 16.9 Å². The third-order valence-electron chi connectivity index (χ3n) is 2.29. The minimum atomic E-state index is 0.265. The van der Waals surface area contributed by atoms with Gasteiger partial charge in [0.05, 0.1) is 5.69 Å². The molecule has 0 saturated heterocycles. The Morgan fingerprint density at radius 3 is 2.78 bits per heavy atom. The third-order valence-corrected chi connectivity index (χ3v) is 2.39. The van der Waals surface area contributed by atoms with Gasteiger partial charge in [0, 0.05) is 11.9 Å². The van der Waals surface area contributed by atoms with Crippen LogP contribution in [0.1, 0.15) is 11.3 Å². The molecule has 18 heavy (non-hydrogen) atoms. The SMILES string of the molecule is NC(=S)Nc1cccc(C=Cc2ccccn2)c1. The second-order valence-electron chi connectivity index (χ2n) is 3.70. The maximum absolute atomic E-state index is 5.43. The molecule has 0 aliphatic rings. The van der Waals surface area contributed by atoms with E-state index in [1.165, 1.54) is 0 Å². The van der Waals surface area contributed by atoms with Crippen molar-refractivity contribution >= 4 is 35.2 Å². The van der Waals surface area contributed by atoms with Crippen molar-refractivity contribution in [2.45, 2.75) is 0 Å². The van der Waals surface area contributed by atoms with Crippen LogP contribution < -0.4 is 11.1 Å². The molecular weight excluding hydrogens is 242 g/mol. The topological polar surface area (TPSA) is 50.9 Å². The fraction of sp³-hybridized carbons (Fsp3) is 0. The zero-order valence-corrected chi connectivity index (χ0v) is 10.5. The molecule has 2 rings (SSSR count). The van der Waals surface area contributed by atoms with Gasteiger partial charge < -0.3 is 11.1 Å². The van der Waals surface area contributed by atoms with Crippen LogP contribution in [0.2, 0.25) is 0 Å². The zero-order valence-electron chi connectivity index (χ0n) is 9.71. The molecule has 0 aliphatic heterocycles. The second-order valence-corrected chi connectivity index (χ2v) is 4.14. The molecule has 3 nitrogen and oxygen atoms in total. The molecular formula is C14H13N3S. The lowest BCUT2D eigenvalue weighted by molar-refractivity contribution is 1.30. The third kappa shape index (κ3) is 3.68. The van der Waals surface area contributed by atoms with Gasteiger partial charge in [0.15, 0.2) is 5.11 Å². The second kappa shape index (κ2) is 5.93. The summed E-state index contributed by atoms with van der Waals surface area (Å²) in [5.74, 6) is 0. The number of thiocarbonyl (C=S) groups is 1. The van der Waals surface area contributed by atoms with Gasteiger partial charge in [0.1, 0.15) is 0 Å². The fourth-order valence-corrected chi connectivity index (χ4v) is 1.64. The van der Waals surface area contributed by atoms with E-state index < -0.39 is 0 Å². The Hall–Kier alpha value is -2.20. The van der Waals surface area contributed by atoms with Gasteiger partial charge in [-0.1, -0.05) is 24.3 Å². The molecule has 0 atom stereocenters. The molecule has 4 heteroatoms. The number of anilines is 1. The van der Waals surface area contributed by atoms with Crippen molar-refractivity contribution in [2.75, 3.05) is 5.32 Å². The molecule has 0 spiro atoms. The summed E-state index contributed by atoms with van der Waals surface area (Å²) in [6, 6.07) is 13.6. The van der Waals surface area contributed by atoms with E-state index in [9.17, 15) is 0 Å².